The molecule has 0 unspecified atom stereocenters. The molecular weight excluding hydrogens is 631 g/mol. The second kappa shape index (κ2) is 12.5. The van der Waals surface area contributed by atoms with Crippen molar-refractivity contribution in [3.8, 4) is 0 Å². The molecule has 0 saturated carbocycles. The molecule has 0 aliphatic carbocycles. The molecule has 2 saturated heterocycles. The van der Waals surface area contributed by atoms with Gasteiger partial charge in [0.05, 0.1) is 23.6 Å². The van der Waals surface area contributed by atoms with E-state index in [-0.39, 0.29) is 28.8 Å². The molecule has 2 aromatic carbocycles. The lowest BCUT2D eigenvalue weighted by molar-refractivity contribution is -0.151. The van der Waals surface area contributed by atoms with E-state index in [0.29, 0.717) is 37.2 Å². The Morgan fingerprint density at radius 3 is 2.47 bits per heavy atom. The summed E-state index contributed by atoms with van der Waals surface area (Å²) in [6.07, 6.45) is 0.666. The first-order valence-electron chi connectivity index (χ1n) is 14.3. The highest BCUT2D eigenvalue weighted by molar-refractivity contribution is 7.52. The number of carbonyl (C=O) groups excluding carboxylic acids is 3. The van der Waals surface area contributed by atoms with Crippen molar-refractivity contribution in [3.05, 3.63) is 70.6 Å². The highest BCUT2D eigenvalue weighted by Gasteiger charge is 2.50. The van der Waals surface area contributed by atoms with Gasteiger partial charge in [0.15, 0.2) is 0 Å². The van der Waals surface area contributed by atoms with Gasteiger partial charge in [-0.15, -0.1) is 11.3 Å². The van der Waals surface area contributed by atoms with Crippen molar-refractivity contribution in [2.75, 3.05) is 26.2 Å². The Balaban J connectivity index is 1.32. The van der Waals surface area contributed by atoms with Crippen LogP contribution in [0.3, 0.4) is 0 Å². The van der Waals surface area contributed by atoms with E-state index in [4.69, 9.17) is 14.5 Å². The molecule has 15 heteroatoms. The number of ether oxygens (including phenoxy) is 1. The van der Waals surface area contributed by atoms with Crippen LogP contribution < -0.4 is 5.32 Å². The van der Waals surface area contributed by atoms with Gasteiger partial charge in [-0.05, 0) is 55.8 Å². The van der Waals surface area contributed by atoms with E-state index in [9.17, 15) is 32.8 Å². The summed E-state index contributed by atoms with van der Waals surface area (Å²) in [6.45, 7) is 3.99. The van der Waals surface area contributed by atoms with Gasteiger partial charge in [0.2, 0.25) is 11.8 Å². The fourth-order valence-corrected chi connectivity index (χ4v) is 7.06. The summed E-state index contributed by atoms with van der Waals surface area (Å²) in [5.41, 5.74) is -6.13. The molecule has 3 amide bonds. The zero-order valence-electron chi connectivity index (χ0n) is 24.6. The van der Waals surface area contributed by atoms with E-state index in [1.807, 2.05) is 30.3 Å². The molecule has 3 heterocycles. The molecule has 1 aromatic heterocycles. The van der Waals surface area contributed by atoms with Crippen molar-refractivity contribution >= 4 is 46.7 Å². The average Bonchev–Trinajstić information content (AvgIpc) is 3.66. The normalized spacial score (nSPS) is 20.3. The van der Waals surface area contributed by atoms with Crippen LogP contribution in [0.1, 0.15) is 53.6 Å². The second-order valence-corrected chi connectivity index (χ2v) is 14.5. The summed E-state index contributed by atoms with van der Waals surface area (Å²) in [5, 5.41) is 13.7. The number of hydrogen-bond acceptors (Lipinski definition) is 7. The monoisotopic (exact) mass is 665 g/mol. The van der Waals surface area contributed by atoms with E-state index in [0.717, 1.165) is 29.0 Å². The number of nitrogens with zero attached hydrogens (tertiary/aromatic N) is 2. The molecule has 0 radical (unpaired) electrons. The molecule has 45 heavy (non-hydrogen) atoms. The van der Waals surface area contributed by atoms with Crippen molar-refractivity contribution in [1.29, 1.82) is 0 Å². The minimum Gasteiger partial charge on any atom is -0.388 e. The maximum atomic E-state index is 14.3. The minimum absolute atomic E-state index is 0.0259. The first-order valence-corrected chi connectivity index (χ1v) is 16.8. The van der Waals surface area contributed by atoms with Gasteiger partial charge >= 0.3 is 13.3 Å². The summed E-state index contributed by atoms with van der Waals surface area (Å²) >= 11 is 0.921. The molecule has 2 fully saturated rings. The number of aliphatic hydroxyl groups is 1. The van der Waals surface area contributed by atoms with Crippen LogP contribution in [0.2, 0.25) is 0 Å². The van der Waals surface area contributed by atoms with Crippen LogP contribution in [-0.2, 0) is 24.6 Å². The first-order chi connectivity index (χ1) is 21.1. The summed E-state index contributed by atoms with van der Waals surface area (Å²) in [7, 11) is -5.79. The third-order valence-electron chi connectivity index (χ3n) is 8.05. The molecule has 3 aromatic rings. The average molecular weight is 666 g/mol. The number of rotatable bonds is 8. The predicted molar refractivity (Wildman–Crippen MR) is 162 cm³/mol. The predicted octanol–water partition coefficient (Wildman–Crippen LogP) is 3.59. The number of halogens is 2. The second-order valence-electron chi connectivity index (χ2n) is 11.8. The number of nitrogens with one attached hydrogen (secondary N) is 1. The Hall–Kier alpha value is -3.26. The molecule has 11 nitrogen and oxygen atoms in total. The lowest BCUT2D eigenvalue weighted by Crippen LogP contribution is -2.61. The Morgan fingerprint density at radius 2 is 1.80 bits per heavy atom. The smallest absolute Gasteiger partial charge is 0.388 e. The Kier molecular flexibility index (Phi) is 9.20. The SMILES string of the molecule is CC(C)(O)[C@H](NC(=O)c1cc2cc(C(F)(F)P(=O)(O)O)ccc2s1)C(=O)N1CCC[C@H]1C(=O)N1CCO[C@H](c2ccccc2)C1. The Morgan fingerprint density at radius 1 is 1.09 bits per heavy atom. The van der Waals surface area contributed by atoms with Gasteiger partial charge < -0.3 is 34.7 Å². The summed E-state index contributed by atoms with van der Waals surface area (Å²) < 4.78 is 46.1. The molecule has 0 bridgehead atoms. The van der Waals surface area contributed by atoms with E-state index < -0.39 is 48.3 Å². The summed E-state index contributed by atoms with van der Waals surface area (Å²) in [5.74, 6) is -1.64. The fourth-order valence-electron chi connectivity index (χ4n) is 5.64. The number of amides is 3. The highest BCUT2D eigenvalue weighted by atomic mass is 32.1. The third kappa shape index (κ3) is 6.81. The van der Waals surface area contributed by atoms with Gasteiger partial charge in [0, 0.05) is 23.4 Å². The number of alkyl halides is 2. The van der Waals surface area contributed by atoms with Crippen molar-refractivity contribution in [3.63, 3.8) is 0 Å². The van der Waals surface area contributed by atoms with Crippen molar-refractivity contribution in [2.24, 2.45) is 0 Å². The van der Waals surface area contributed by atoms with Gasteiger partial charge in [-0.2, -0.15) is 8.78 Å². The van der Waals surface area contributed by atoms with Crippen LogP contribution in [0.25, 0.3) is 10.1 Å². The van der Waals surface area contributed by atoms with Crippen LogP contribution in [0.5, 0.6) is 0 Å². The zero-order chi connectivity index (χ0) is 32.7. The van der Waals surface area contributed by atoms with Crippen LogP contribution in [0.15, 0.2) is 54.6 Å². The number of thiophene rings is 1. The molecule has 242 valence electrons. The molecule has 2 aliphatic rings. The minimum atomic E-state index is -5.79. The number of benzene rings is 2. The molecule has 4 N–H and O–H groups in total. The third-order valence-corrected chi connectivity index (χ3v) is 10.2. The number of fused-ring (bicyclic) bond motifs is 1. The van der Waals surface area contributed by atoms with E-state index in [1.165, 1.54) is 30.9 Å². The number of morpholine rings is 1. The lowest BCUT2D eigenvalue weighted by Gasteiger charge is -2.38. The van der Waals surface area contributed by atoms with Gasteiger partial charge in [0.25, 0.3) is 5.91 Å². The van der Waals surface area contributed by atoms with Crippen molar-refractivity contribution < 1.29 is 47.4 Å². The molecular formula is C30H34F2N3O8PS. The maximum absolute atomic E-state index is 14.3. The van der Waals surface area contributed by atoms with Gasteiger partial charge in [-0.3, -0.25) is 18.9 Å². The quantitative estimate of drug-likeness (QED) is 0.266. The van der Waals surface area contributed by atoms with Gasteiger partial charge in [0.1, 0.15) is 18.2 Å². The van der Waals surface area contributed by atoms with Crippen LogP contribution in [0.4, 0.5) is 8.78 Å². The largest absolute Gasteiger partial charge is 0.399 e. The first kappa shape index (κ1) is 33.1. The van der Waals surface area contributed by atoms with Crippen LogP contribution in [-0.4, -0.2) is 86.3 Å². The number of hydrogen-bond donors (Lipinski definition) is 4. The molecule has 0 spiro atoms. The summed E-state index contributed by atoms with van der Waals surface area (Å²) in [6, 6.07) is 11.6. The number of likely N-dealkylation sites (tertiary alicyclic amines) is 1. The zero-order valence-corrected chi connectivity index (χ0v) is 26.3. The highest BCUT2D eigenvalue weighted by Crippen LogP contribution is 2.59. The lowest BCUT2D eigenvalue weighted by atomic mass is 9.96. The Bertz CT molecular complexity index is 1640. The van der Waals surface area contributed by atoms with Crippen molar-refractivity contribution in [2.45, 2.75) is 56.1 Å². The number of carbonyl (C=O) groups is 3. The van der Waals surface area contributed by atoms with E-state index in [2.05, 4.69) is 5.32 Å². The standard InChI is InChI=1S/C30H34F2N3O8PS/c1-29(2,39)25(33-26(36)24-16-19-15-20(10-11-23(19)45-24)30(31,32)44(40,41)42)28(38)35-12-6-9-21(35)27(37)34-13-14-43-22(17-34)18-7-4-3-5-8-18/h3-5,7-8,10-11,15-16,21-22,25,39H,6,9,12-14,17H2,1-2H3,(H,33,36)(H2,40,41,42)/t21-,22-,25+/m0/s1. The maximum Gasteiger partial charge on any atom is 0.399 e. The molecule has 3 atom stereocenters. The van der Waals surface area contributed by atoms with Crippen LogP contribution in [0, 0.1) is 0 Å². The molecule has 5 rings (SSSR count). The van der Waals surface area contributed by atoms with E-state index in [1.54, 1.807) is 4.90 Å². The summed E-state index contributed by atoms with van der Waals surface area (Å²) in [4.78, 5) is 62.1. The fraction of sp³-hybridized carbons (Fsp3) is 0.433. The van der Waals surface area contributed by atoms with Crippen molar-refractivity contribution in [1.82, 2.24) is 15.1 Å². The van der Waals surface area contributed by atoms with Gasteiger partial charge in [-0.25, -0.2) is 0 Å². The van der Waals surface area contributed by atoms with E-state index >= 15 is 0 Å². The molecule has 2 aliphatic heterocycles. The Labute approximate surface area is 261 Å². The topological polar surface area (TPSA) is 157 Å². The van der Waals surface area contributed by atoms with Gasteiger partial charge in [-0.1, -0.05) is 36.4 Å². The van der Waals surface area contributed by atoms with Crippen LogP contribution >= 0.6 is 18.9 Å².